The SMILES string of the molecule is COc1ncccc1CN1CC[C@@H](O)[C@@H]1Cc1ccncc1. The van der Waals surface area contributed by atoms with Crippen molar-refractivity contribution < 1.29 is 9.84 Å². The number of rotatable bonds is 5. The van der Waals surface area contributed by atoms with Gasteiger partial charge in [-0.15, -0.1) is 0 Å². The van der Waals surface area contributed by atoms with Crippen molar-refractivity contribution in [3.05, 3.63) is 54.0 Å². The van der Waals surface area contributed by atoms with Crippen LogP contribution in [0.1, 0.15) is 17.5 Å². The van der Waals surface area contributed by atoms with E-state index in [0.717, 1.165) is 31.5 Å². The molecule has 3 heterocycles. The molecular weight excluding hydrogens is 278 g/mol. The van der Waals surface area contributed by atoms with E-state index in [2.05, 4.69) is 14.9 Å². The lowest BCUT2D eigenvalue weighted by Gasteiger charge is -2.26. The molecule has 2 aromatic heterocycles. The highest BCUT2D eigenvalue weighted by molar-refractivity contribution is 5.25. The van der Waals surface area contributed by atoms with E-state index in [1.54, 1.807) is 25.7 Å². The van der Waals surface area contributed by atoms with Crippen LogP contribution in [-0.2, 0) is 13.0 Å². The Morgan fingerprint density at radius 1 is 1.27 bits per heavy atom. The highest BCUT2D eigenvalue weighted by Gasteiger charge is 2.33. The molecular formula is C17H21N3O2. The molecule has 0 aromatic carbocycles. The van der Waals surface area contributed by atoms with Gasteiger partial charge in [0.2, 0.25) is 5.88 Å². The van der Waals surface area contributed by atoms with Gasteiger partial charge >= 0.3 is 0 Å². The summed E-state index contributed by atoms with van der Waals surface area (Å²) in [6.45, 7) is 1.62. The lowest BCUT2D eigenvalue weighted by Crippen LogP contribution is -2.36. The lowest BCUT2D eigenvalue weighted by molar-refractivity contribution is 0.112. The minimum absolute atomic E-state index is 0.118. The Morgan fingerprint density at radius 3 is 2.86 bits per heavy atom. The zero-order valence-corrected chi connectivity index (χ0v) is 12.7. The van der Waals surface area contributed by atoms with E-state index in [1.807, 2.05) is 24.3 Å². The molecule has 5 heteroatoms. The number of nitrogens with zero attached hydrogens (tertiary/aromatic N) is 3. The van der Waals surface area contributed by atoms with Crippen LogP contribution in [0.15, 0.2) is 42.9 Å². The van der Waals surface area contributed by atoms with Crippen molar-refractivity contribution in [1.82, 2.24) is 14.9 Å². The predicted octanol–water partition coefficient (Wildman–Crippen LogP) is 1.66. The molecule has 116 valence electrons. The van der Waals surface area contributed by atoms with Gasteiger partial charge in [-0.3, -0.25) is 9.88 Å². The van der Waals surface area contributed by atoms with Crippen LogP contribution in [0, 0.1) is 0 Å². The van der Waals surface area contributed by atoms with E-state index in [1.165, 1.54) is 5.56 Å². The normalized spacial score (nSPS) is 21.9. The number of hydrogen-bond acceptors (Lipinski definition) is 5. The Labute approximate surface area is 130 Å². The van der Waals surface area contributed by atoms with Crippen molar-refractivity contribution in [3.8, 4) is 5.88 Å². The molecule has 0 aliphatic carbocycles. The zero-order chi connectivity index (χ0) is 15.4. The van der Waals surface area contributed by atoms with Crippen LogP contribution in [0.5, 0.6) is 5.88 Å². The summed E-state index contributed by atoms with van der Waals surface area (Å²) in [6, 6.07) is 8.08. The average Bonchev–Trinajstić information content (AvgIpc) is 2.89. The number of likely N-dealkylation sites (tertiary alicyclic amines) is 1. The molecule has 0 spiro atoms. The molecule has 0 radical (unpaired) electrons. The summed E-state index contributed by atoms with van der Waals surface area (Å²) in [7, 11) is 1.64. The summed E-state index contributed by atoms with van der Waals surface area (Å²) in [6.07, 6.45) is 6.66. The fourth-order valence-electron chi connectivity index (χ4n) is 3.07. The number of pyridine rings is 2. The molecule has 1 N–H and O–H groups in total. The monoisotopic (exact) mass is 299 g/mol. The maximum atomic E-state index is 10.3. The van der Waals surface area contributed by atoms with Crippen LogP contribution < -0.4 is 4.74 Å². The van der Waals surface area contributed by atoms with Crippen molar-refractivity contribution >= 4 is 0 Å². The Bertz CT molecular complexity index is 606. The number of aliphatic hydroxyl groups excluding tert-OH is 1. The predicted molar refractivity (Wildman–Crippen MR) is 83.6 cm³/mol. The second-order valence-corrected chi connectivity index (χ2v) is 5.63. The van der Waals surface area contributed by atoms with Crippen molar-refractivity contribution in [1.29, 1.82) is 0 Å². The van der Waals surface area contributed by atoms with Crippen molar-refractivity contribution in [2.24, 2.45) is 0 Å². The number of aromatic nitrogens is 2. The lowest BCUT2D eigenvalue weighted by atomic mass is 10.0. The molecule has 1 saturated heterocycles. The van der Waals surface area contributed by atoms with Gasteiger partial charge in [-0.05, 0) is 36.6 Å². The molecule has 0 amide bonds. The minimum atomic E-state index is -0.296. The molecule has 0 saturated carbocycles. The van der Waals surface area contributed by atoms with Crippen molar-refractivity contribution in [2.45, 2.75) is 31.5 Å². The highest BCUT2D eigenvalue weighted by atomic mass is 16.5. The number of hydrogen-bond donors (Lipinski definition) is 1. The molecule has 0 unspecified atom stereocenters. The maximum absolute atomic E-state index is 10.3. The minimum Gasteiger partial charge on any atom is -0.481 e. The second kappa shape index (κ2) is 6.85. The van der Waals surface area contributed by atoms with Gasteiger partial charge in [-0.2, -0.15) is 0 Å². The van der Waals surface area contributed by atoms with Gasteiger partial charge in [-0.25, -0.2) is 4.98 Å². The first-order valence-corrected chi connectivity index (χ1v) is 7.57. The number of ether oxygens (including phenoxy) is 1. The smallest absolute Gasteiger partial charge is 0.217 e. The third kappa shape index (κ3) is 3.26. The van der Waals surface area contributed by atoms with Gasteiger partial charge in [0.25, 0.3) is 0 Å². The second-order valence-electron chi connectivity index (χ2n) is 5.63. The zero-order valence-electron chi connectivity index (χ0n) is 12.7. The van der Waals surface area contributed by atoms with Crippen molar-refractivity contribution in [3.63, 3.8) is 0 Å². The summed E-state index contributed by atoms with van der Waals surface area (Å²) in [5.74, 6) is 0.659. The first kappa shape index (κ1) is 14.9. The van der Waals surface area contributed by atoms with Gasteiger partial charge in [0, 0.05) is 43.3 Å². The van der Waals surface area contributed by atoms with Gasteiger partial charge in [0.1, 0.15) is 0 Å². The molecule has 1 aliphatic rings. The molecule has 3 rings (SSSR count). The third-order valence-corrected chi connectivity index (χ3v) is 4.24. The Morgan fingerprint density at radius 2 is 2.09 bits per heavy atom. The van der Waals surface area contributed by atoms with E-state index in [0.29, 0.717) is 5.88 Å². The fourth-order valence-corrected chi connectivity index (χ4v) is 3.07. The molecule has 22 heavy (non-hydrogen) atoms. The molecule has 0 bridgehead atoms. The molecule has 1 aliphatic heterocycles. The van der Waals surface area contributed by atoms with Crippen LogP contribution in [0.4, 0.5) is 0 Å². The Hall–Kier alpha value is -1.98. The van der Waals surface area contributed by atoms with E-state index in [9.17, 15) is 5.11 Å². The Balaban J connectivity index is 1.74. The number of methoxy groups -OCH3 is 1. The largest absolute Gasteiger partial charge is 0.481 e. The fraction of sp³-hybridized carbons (Fsp3) is 0.412. The average molecular weight is 299 g/mol. The van der Waals surface area contributed by atoms with Crippen LogP contribution >= 0.6 is 0 Å². The summed E-state index contributed by atoms with van der Waals surface area (Å²) < 4.78 is 5.33. The van der Waals surface area contributed by atoms with Gasteiger partial charge < -0.3 is 9.84 Å². The highest BCUT2D eigenvalue weighted by Crippen LogP contribution is 2.26. The molecule has 2 atom stereocenters. The summed E-state index contributed by atoms with van der Waals surface area (Å²) in [5, 5.41) is 10.3. The molecule has 2 aromatic rings. The summed E-state index contributed by atoms with van der Waals surface area (Å²) in [4.78, 5) is 10.6. The quantitative estimate of drug-likeness (QED) is 0.910. The van der Waals surface area contributed by atoms with Crippen molar-refractivity contribution in [2.75, 3.05) is 13.7 Å². The maximum Gasteiger partial charge on any atom is 0.217 e. The van der Waals surface area contributed by atoms with E-state index in [4.69, 9.17) is 4.74 Å². The van der Waals surface area contributed by atoms with Crippen LogP contribution in [-0.4, -0.2) is 45.8 Å². The van der Waals surface area contributed by atoms with Gasteiger partial charge in [0.15, 0.2) is 0 Å². The standard InChI is InChI=1S/C17H21N3O2/c1-22-17-14(3-2-7-19-17)12-20-10-6-16(21)15(20)11-13-4-8-18-9-5-13/h2-5,7-9,15-16,21H,6,10-12H2,1H3/t15-,16+/m0/s1. The van der Waals surface area contributed by atoms with Crippen LogP contribution in [0.25, 0.3) is 0 Å². The topological polar surface area (TPSA) is 58.5 Å². The van der Waals surface area contributed by atoms with E-state index >= 15 is 0 Å². The molecule has 5 nitrogen and oxygen atoms in total. The Kier molecular flexibility index (Phi) is 4.65. The molecule has 1 fully saturated rings. The van der Waals surface area contributed by atoms with E-state index in [-0.39, 0.29) is 12.1 Å². The van der Waals surface area contributed by atoms with Crippen LogP contribution in [0.2, 0.25) is 0 Å². The number of aliphatic hydroxyl groups is 1. The van der Waals surface area contributed by atoms with Gasteiger partial charge in [-0.1, -0.05) is 6.07 Å². The van der Waals surface area contributed by atoms with Gasteiger partial charge in [0.05, 0.1) is 13.2 Å². The third-order valence-electron chi connectivity index (χ3n) is 4.24. The first-order valence-electron chi connectivity index (χ1n) is 7.57. The van der Waals surface area contributed by atoms with Crippen LogP contribution in [0.3, 0.4) is 0 Å². The van der Waals surface area contributed by atoms with E-state index < -0.39 is 0 Å². The summed E-state index contributed by atoms with van der Waals surface area (Å²) in [5.41, 5.74) is 2.25. The first-order chi connectivity index (χ1) is 10.8. The summed E-state index contributed by atoms with van der Waals surface area (Å²) >= 11 is 0.